The molecule has 1 aliphatic rings. The summed E-state index contributed by atoms with van der Waals surface area (Å²) in [6.07, 6.45) is 5.00. The number of ether oxygens (including phenoxy) is 1. The molecule has 0 saturated carbocycles. The number of hydrogen-bond acceptors (Lipinski definition) is 3. The van der Waals surface area contributed by atoms with Crippen molar-refractivity contribution in [1.82, 2.24) is 10.2 Å². The number of hydrogen-bond donors (Lipinski definition) is 1. The van der Waals surface area contributed by atoms with Gasteiger partial charge in [0.2, 0.25) is 5.91 Å². The number of likely N-dealkylation sites (tertiary alicyclic amines) is 1. The van der Waals surface area contributed by atoms with Crippen LogP contribution >= 0.6 is 0 Å². The maximum absolute atomic E-state index is 12.2. The normalized spacial score (nSPS) is 15.8. The van der Waals surface area contributed by atoms with Crippen molar-refractivity contribution in [3.63, 3.8) is 0 Å². The molecular weight excluding hydrogens is 288 g/mol. The maximum Gasteiger partial charge on any atom is 0.223 e. The summed E-state index contributed by atoms with van der Waals surface area (Å²) in [4.78, 5) is 14.3. The Morgan fingerprint density at radius 1 is 1.22 bits per heavy atom. The van der Waals surface area contributed by atoms with Gasteiger partial charge in [-0.2, -0.15) is 0 Å². The molecule has 1 aromatic rings. The van der Waals surface area contributed by atoms with Gasteiger partial charge in [-0.1, -0.05) is 30.3 Å². The van der Waals surface area contributed by atoms with Gasteiger partial charge in [-0.05, 0) is 43.7 Å². The van der Waals surface area contributed by atoms with Crippen molar-refractivity contribution in [1.29, 1.82) is 0 Å². The molecule has 4 nitrogen and oxygen atoms in total. The Balaban J connectivity index is 1.59. The van der Waals surface area contributed by atoms with Crippen molar-refractivity contribution in [3.8, 4) is 0 Å². The van der Waals surface area contributed by atoms with Gasteiger partial charge in [0.15, 0.2) is 0 Å². The summed E-state index contributed by atoms with van der Waals surface area (Å²) < 4.78 is 5.00. The highest BCUT2D eigenvalue weighted by Gasteiger charge is 2.22. The first-order valence-corrected chi connectivity index (χ1v) is 8.81. The molecular formula is C19H30N2O2. The van der Waals surface area contributed by atoms with Crippen LogP contribution in [-0.2, 0) is 16.0 Å². The van der Waals surface area contributed by atoms with Gasteiger partial charge in [-0.3, -0.25) is 4.79 Å². The van der Waals surface area contributed by atoms with E-state index in [2.05, 4.69) is 35.6 Å². The Labute approximate surface area is 140 Å². The fraction of sp³-hybridized carbons (Fsp3) is 0.632. The lowest BCUT2D eigenvalue weighted by Crippen LogP contribution is -2.40. The molecule has 0 bridgehead atoms. The van der Waals surface area contributed by atoms with Gasteiger partial charge < -0.3 is 15.0 Å². The van der Waals surface area contributed by atoms with Gasteiger partial charge in [-0.15, -0.1) is 0 Å². The molecule has 4 heteroatoms. The standard InChI is InChI=1S/C19H30N2O2/c1-23-15-5-11-20-12-8-19(22)21-13-9-18(10-14-21)16-17-6-3-2-4-7-17/h2-4,6-7,18,20H,5,8-16H2,1H3. The van der Waals surface area contributed by atoms with Crippen LogP contribution < -0.4 is 5.32 Å². The largest absolute Gasteiger partial charge is 0.385 e. The van der Waals surface area contributed by atoms with Crippen molar-refractivity contribution >= 4 is 5.91 Å². The van der Waals surface area contributed by atoms with Crippen molar-refractivity contribution in [3.05, 3.63) is 35.9 Å². The molecule has 2 rings (SSSR count). The van der Waals surface area contributed by atoms with E-state index in [4.69, 9.17) is 4.74 Å². The first-order valence-electron chi connectivity index (χ1n) is 8.81. The molecule has 1 aliphatic heterocycles. The average molecular weight is 318 g/mol. The van der Waals surface area contributed by atoms with Crippen LogP contribution in [0.1, 0.15) is 31.2 Å². The predicted molar refractivity (Wildman–Crippen MR) is 93.4 cm³/mol. The van der Waals surface area contributed by atoms with Crippen molar-refractivity contribution in [2.75, 3.05) is 39.9 Å². The Hall–Kier alpha value is -1.39. The summed E-state index contributed by atoms with van der Waals surface area (Å²) >= 11 is 0. The number of carbonyl (C=O) groups excluding carboxylic acids is 1. The monoisotopic (exact) mass is 318 g/mol. The zero-order chi connectivity index (χ0) is 16.3. The average Bonchev–Trinajstić information content (AvgIpc) is 2.59. The fourth-order valence-electron chi connectivity index (χ4n) is 3.15. The smallest absolute Gasteiger partial charge is 0.223 e. The van der Waals surface area contributed by atoms with Crippen LogP contribution in [-0.4, -0.2) is 50.7 Å². The van der Waals surface area contributed by atoms with E-state index in [-0.39, 0.29) is 0 Å². The molecule has 1 saturated heterocycles. The highest BCUT2D eigenvalue weighted by atomic mass is 16.5. The third-order valence-electron chi connectivity index (χ3n) is 4.55. The van der Waals surface area contributed by atoms with Crippen LogP contribution in [0.4, 0.5) is 0 Å². The second kappa shape index (κ2) is 10.4. The van der Waals surface area contributed by atoms with Gasteiger partial charge >= 0.3 is 0 Å². The van der Waals surface area contributed by atoms with Gasteiger partial charge in [0.25, 0.3) is 0 Å². The summed E-state index contributed by atoms with van der Waals surface area (Å²) in [5, 5.41) is 3.30. The summed E-state index contributed by atoms with van der Waals surface area (Å²) in [6, 6.07) is 10.7. The number of carbonyl (C=O) groups is 1. The summed E-state index contributed by atoms with van der Waals surface area (Å²) in [7, 11) is 1.71. The molecule has 1 heterocycles. The molecule has 128 valence electrons. The quantitative estimate of drug-likeness (QED) is 0.711. The lowest BCUT2D eigenvalue weighted by Gasteiger charge is -2.32. The van der Waals surface area contributed by atoms with E-state index < -0.39 is 0 Å². The van der Waals surface area contributed by atoms with Crippen LogP contribution in [0.5, 0.6) is 0 Å². The second-order valence-electron chi connectivity index (χ2n) is 6.36. The lowest BCUT2D eigenvalue weighted by atomic mass is 9.90. The molecule has 0 aromatic heterocycles. The van der Waals surface area contributed by atoms with Crippen molar-refractivity contribution in [2.24, 2.45) is 5.92 Å². The van der Waals surface area contributed by atoms with E-state index in [1.54, 1.807) is 7.11 Å². The molecule has 0 unspecified atom stereocenters. The molecule has 0 atom stereocenters. The highest BCUT2D eigenvalue weighted by molar-refractivity contribution is 5.76. The number of benzene rings is 1. The molecule has 1 aromatic carbocycles. The van der Waals surface area contributed by atoms with Gasteiger partial charge in [-0.25, -0.2) is 0 Å². The Morgan fingerprint density at radius 3 is 2.65 bits per heavy atom. The predicted octanol–water partition coefficient (Wildman–Crippen LogP) is 2.48. The minimum absolute atomic E-state index is 0.294. The third-order valence-corrected chi connectivity index (χ3v) is 4.55. The molecule has 0 radical (unpaired) electrons. The zero-order valence-corrected chi connectivity index (χ0v) is 14.3. The second-order valence-corrected chi connectivity index (χ2v) is 6.36. The molecule has 0 spiro atoms. The number of nitrogens with one attached hydrogen (secondary N) is 1. The van der Waals surface area contributed by atoms with Crippen LogP contribution in [0.3, 0.4) is 0 Å². The van der Waals surface area contributed by atoms with E-state index in [1.807, 2.05) is 4.90 Å². The third kappa shape index (κ3) is 6.71. The van der Waals surface area contributed by atoms with Crippen molar-refractivity contribution < 1.29 is 9.53 Å². The van der Waals surface area contributed by atoms with E-state index in [0.717, 1.165) is 58.5 Å². The van der Waals surface area contributed by atoms with E-state index >= 15 is 0 Å². The summed E-state index contributed by atoms with van der Waals surface area (Å²) in [5.74, 6) is 1.01. The maximum atomic E-state index is 12.2. The molecule has 1 amide bonds. The summed E-state index contributed by atoms with van der Waals surface area (Å²) in [5.41, 5.74) is 1.41. The molecule has 1 N–H and O–H groups in total. The van der Waals surface area contributed by atoms with Crippen LogP contribution in [0.15, 0.2) is 30.3 Å². The number of amides is 1. The molecule has 0 aliphatic carbocycles. The number of rotatable bonds is 9. The van der Waals surface area contributed by atoms with Gasteiger partial charge in [0, 0.05) is 39.8 Å². The lowest BCUT2D eigenvalue weighted by molar-refractivity contribution is -0.132. The minimum Gasteiger partial charge on any atom is -0.385 e. The van der Waals surface area contributed by atoms with E-state index in [0.29, 0.717) is 18.2 Å². The highest BCUT2D eigenvalue weighted by Crippen LogP contribution is 2.21. The van der Waals surface area contributed by atoms with Gasteiger partial charge in [0.05, 0.1) is 0 Å². The minimum atomic E-state index is 0.294. The number of nitrogens with zero attached hydrogens (tertiary/aromatic N) is 1. The molecule has 1 fully saturated rings. The number of methoxy groups -OCH3 is 1. The first-order chi connectivity index (χ1) is 11.3. The zero-order valence-electron chi connectivity index (χ0n) is 14.3. The van der Waals surface area contributed by atoms with E-state index in [1.165, 1.54) is 5.56 Å². The fourth-order valence-corrected chi connectivity index (χ4v) is 3.15. The topological polar surface area (TPSA) is 41.6 Å². The van der Waals surface area contributed by atoms with Crippen LogP contribution in [0, 0.1) is 5.92 Å². The number of piperidine rings is 1. The Kier molecular flexibility index (Phi) is 8.12. The van der Waals surface area contributed by atoms with Gasteiger partial charge in [0.1, 0.15) is 0 Å². The Bertz CT molecular complexity index is 442. The summed E-state index contributed by atoms with van der Waals surface area (Å²) in [6.45, 7) is 4.29. The Morgan fingerprint density at radius 2 is 1.96 bits per heavy atom. The SMILES string of the molecule is COCCCNCCC(=O)N1CCC(Cc2ccccc2)CC1. The first kappa shape index (κ1) is 18.0. The van der Waals surface area contributed by atoms with Crippen LogP contribution in [0.2, 0.25) is 0 Å². The van der Waals surface area contributed by atoms with Crippen molar-refractivity contribution in [2.45, 2.75) is 32.1 Å². The van der Waals surface area contributed by atoms with E-state index in [9.17, 15) is 4.79 Å². The molecule has 23 heavy (non-hydrogen) atoms. The van der Waals surface area contributed by atoms with Crippen LogP contribution in [0.25, 0.3) is 0 Å².